The Kier molecular flexibility index (Phi) is 6.15. The highest BCUT2D eigenvalue weighted by molar-refractivity contribution is 14.0. The van der Waals surface area contributed by atoms with E-state index in [4.69, 9.17) is 4.74 Å². The zero-order valence-corrected chi connectivity index (χ0v) is 15.9. The van der Waals surface area contributed by atoms with Crippen LogP contribution >= 0.6 is 24.0 Å². The topological polar surface area (TPSA) is 45.7 Å². The highest BCUT2D eigenvalue weighted by atomic mass is 127. The van der Waals surface area contributed by atoms with E-state index in [0.717, 1.165) is 12.4 Å². The van der Waals surface area contributed by atoms with E-state index in [2.05, 4.69) is 57.2 Å². The van der Waals surface area contributed by atoms with Crippen molar-refractivity contribution in [3.63, 3.8) is 0 Å². The maximum atomic E-state index is 5.63. The molecule has 2 atom stereocenters. The summed E-state index contributed by atoms with van der Waals surface area (Å²) in [6.45, 7) is 13.0. The molecule has 0 aliphatic heterocycles. The maximum Gasteiger partial charge on any atom is 0.191 e. The van der Waals surface area contributed by atoms with Gasteiger partial charge in [0.25, 0.3) is 0 Å². The zero-order valence-electron chi connectivity index (χ0n) is 13.5. The van der Waals surface area contributed by atoms with Crippen molar-refractivity contribution in [1.82, 2.24) is 10.6 Å². The van der Waals surface area contributed by atoms with Crippen molar-refractivity contribution >= 4 is 29.9 Å². The van der Waals surface area contributed by atoms with Crippen LogP contribution in [0.1, 0.15) is 48.0 Å². The molecule has 1 rings (SSSR count). The Hall–Kier alpha value is -0.0400. The quantitative estimate of drug-likeness (QED) is 0.438. The second-order valence-electron chi connectivity index (χ2n) is 7.00. The predicted molar refractivity (Wildman–Crippen MR) is 92.4 cm³/mol. The molecule has 1 saturated carbocycles. The van der Waals surface area contributed by atoms with Crippen molar-refractivity contribution in [1.29, 1.82) is 0 Å². The third-order valence-corrected chi connectivity index (χ3v) is 4.31. The van der Waals surface area contributed by atoms with Crippen LogP contribution in [0.15, 0.2) is 4.99 Å². The smallest absolute Gasteiger partial charge is 0.191 e. The molecule has 4 nitrogen and oxygen atoms in total. The van der Waals surface area contributed by atoms with E-state index in [1.165, 1.54) is 0 Å². The molecule has 2 N–H and O–H groups in total. The summed E-state index contributed by atoms with van der Waals surface area (Å²) >= 11 is 0. The second-order valence-corrected chi connectivity index (χ2v) is 7.00. The molecule has 1 aliphatic rings. The molecule has 0 aromatic carbocycles. The largest absolute Gasteiger partial charge is 0.378 e. The molecule has 0 spiro atoms. The van der Waals surface area contributed by atoms with E-state index >= 15 is 0 Å². The lowest BCUT2D eigenvalue weighted by molar-refractivity contribution is -0.176. The first-order valence-corrected chi connectivity index (χ1v) is 6.62. The number of aliphatic imine (C=N–C) groups is 1. The number of nitrogens with one attached hydrogen (secondary N) is 2. The molecule has 2 unspecified atom stereocenters. The van der Waals surface area contributed by atoms with E-state index in [1.807, 2.05) is 7.05 Å². The number of rotatable bonds is 2. The molecular weight excluding hydrogens is 353 g/mol. The summed E-state index contributed by atoms with van der Waals surface area (Å²) in [5, 5.41) is 6.88. The Morgan fingerprint density at radius 1 is 1.26 bits per heavy atom. The third kappa shape index (κ3) is 3.97. The second kappa shape index (κ2) is 6.16. The first kappa shape index (κ1) is 19.0. The van der Waals surface area contributed by atoms with Gasteiger partial charge in [-0.25, -0.2) is 0 Å². The Morgan fingerprint density at radius 3 is 2.11 bits per heavy atom. The molecule has 0 amide bonds. The van der Waals surface area contributed by atoms with Gasteiger partial charge >= 0.3 is 0 Å². The van der Waals surface area contributed by atoms with Crippen molar-refractivity contribution in [2.45, 2.75) is 65.1 Å². The summed E-state index contributed by atoms with van der Waals surface area (Å²) in [5.41, 5.74) is 0.0583. The lowest BCUT2D eigenvalue weighted by Gasteiger charge is -2.59. The van der Waals surface area contributed by atoms with Gasteiger partial charge in [0, 0.05) is 31.2 Å². The first-order chi connectivity index (χ1) is 8.05. The van der Waals surface area contributed by atoms with Crippen molar-refractivity contribution in [3.8, 4) is 0 Å². The lowest BCUT2D eigenvalue weighted by Crippen LogP contribution is -2.70. The molecule has 1 fully saturated rings. The van der Waals surface area contributed by atoms with Crippen LogP contribution in [-0.2, 0) is 4.74 Å². The normalized spacial score (nSPS) is 30.1. The van der Waals surface area contributed by atoms with E-state index in [1.54, 1.807) is 7.11 Å². The van der Waals surface area contributed by atoms with Gasteiger partial charge < -0.3 is 15.4 Å². The molecule has 0 radical (unpaired) electrons. The van der Waals surface area contributed by atoms with Crippen LogP contribution in [0.5, 0.6) is 0 Å². The van der Waals surface area contributed by atoms with Crippen LogP contribution in [0, 0.1) is 5.41 Å². The minimum atomic E-state index is -0.0503. The van der Waals surface area contributed by atoms with Crippen LogP contribution in [-0.4, -0.2) is 37.3 Å². The van der Waals surface area contributed by atoms with Gasteiger partial charge in [0.15, 0.2) is 5.96 Å². The van der Waals surface area contributed by atoms with E-state index in [0.29, 0.717) is 6.04 Å². The molecule has 19 heavy (non-hydrogen) atoms. The molecule has 5 heteroatoms. The number of nitrogens with zero attached hydrogens (tertiary/aromatic N) is 1. The molecule has 0 heterocycles. The Bertz CT molecular complexity index is 336. The van der Waals surface area contributed by atoms with Gasteiger partial charge in [-0.3, -0.25) is 4.99 Å². The fraction of sp³-hybridized carbons (Fsp3) is 0.929. The fourth-order valence-electron chi connectivity index (χ4n) is 2.40. The van der Waals surface area contributed by atoms with E-state index in [9.17, 15) is 0 Å². The average Bonchev–Trinajstić information content (AvgIpc) is 2.25. The minimum absolute atomic E-state index is 0. The highest BCUT2D eigenvalue weighted by Gasteiger charge is 2.58. The Morgan fingerprint density at radius 2 is 1.79 bits per heavy atom. The molecule has 114 valence electrons. The summed E-state index contributed by atoms with van der Waals surface area (Å²) in [6.07, 6.45) is 1.00. The molecule has 0 aromatic heterocycles. The van der Waals surface area contributed by atoms with Gasteiger partial charge in [0.1, 0.15) is 0 Å². The monoisotopic (exact) mass is 383 g/mol. The van der Waals surface area contributed by atoms with Gasteiger partial charge in [-0.05, 0) is 34.1 Å². The number of guanidine groups is 1. The lowest BCUT2D eigenvalue weighted by atomic mass is 9.56. The fourth-order valence-corrected chi connectivity index (χ4v) is 2.40. The van der Waals surface area contributed by atoms with Crippen molar-refractivity contribution < 1.29 is 4.74 Å². The zero-order chi connectivity index (χ0) is 14.2. The van der Waals surface area contributed by atoms with E-state index in [-0.39, 0.29) is 40.5 Å². The molecule has 0 aromatic rings. The Balaban J connectivity index is 0.00000324. The summed E-state index contributed by atoms with van der Waals surface area (Å²) in [6, 6.07) is 0.385. The molecule has 0 saturated heterocycles. The number of ether oxygens (including phenoxy) is 1. The standard InChI is InChI=1S/C14H29N3O.HI/c1-12(2,3)17-11(15-7)16-10-9-14(6,18-8)13(10,4)5;/h10H,9H2,1-8H3,(H2,15,16,17);1H. The average molecular weight is 383 g/mol. The van der Waals surface area contributed by atoms with Gasteiger partial charge in [-0.1, -0.05) is 13.8 Å². The van der Waals surface area contributed by atoms with Crippen LogP contribution in [0.2, 0.25) is 0 Å². The van der Waals surface area contributed by atoms with Gasteiger partial charge in [0.05, 0.1) is 5.60 Å². The highest BCUT2D eigenvalue weighted by Crippen LogP contribution is 2.51. The van der Waals surface area contributed by atoms with Crippen LogP contribution in [0.4, 0.5) is 0 Å². The number of hydrogen-bond donors (Lipinski definition) is 2. The number of halogens is 1. The summed E-state index contributed by atoms with van der Waals surface area (Å²) in [7, 11) is 3.60. The van der Waals surface area contributed by atoms with Crippen LogP contribution < -0.4 is 10.6 Å². The van der Waals surface area contributed by atoms with Gasteiger partial charge in [0.2, 0.25) is 0 Å². The summed E-state index contributed by atoms with van der Waals surface area (Å²) < 4.78 is 5.63. The van der Waals surface area contributed by atoms with Crippen molar-refractivity contribution in [3.05, 3.63) is 0 Å². The van der Waals surface area contributed by atoms with Crippen molar-refractivity contribution in [2.75, 3.05) is 14.2 Å². The molecule has 0 bridgehead atoms. The maximum absolute atomic E-state index is 5.63. The molecular formula is C14H30IN3O. The SMILES string of the molecule is CN=C(NC1CC(C)(OC)C1(C)C)NC(C)(C)C.I. The molecule has 1 aliphatic carbocycles. The minimum Gasteiger partial charge on any atom is -0.378 e. The summed E-state index contributed by atoms with van der Waals surface area (Å²) in [4.78, 5) is 4.29. The number of methoxy groups -OCH3 is 1. The van der Waals surface area contributed by atoms with Crippen LogP contribution in [0.3, 0.4) is 0 Å². The van der Waals surface area contributed by atoms with Gasteiger partial charge in [-0.2, -0.15) is 0 Å². The Labute approximate surface area is 135 Å². The predicted octanol–water partition coefficient (Wildman–Crippen LogP) is 2.77. The van der Waals surface area contributed by atoms with Gasteiger partial charge in [-0.15, -0.1) is 24.0 Å². The first-order valence-electron chi connectivity index (χ1n) is 6.62. The van der Waals surface area contributed by atoms with Crippen molar-refractivity contribution in [2.24, 2.45) is 10.4 Å². The van der Waals surface area contributed by atoms with E-state index < -0.39 is 0 Å². The summed E-state index contributed by atoms with van der Waals surface area (Å²) in [5.74, 6) is 0.860. The number of hydrogen-bond acceptors (Lipinski definition) is 2. The van der Waals surface area contributed by atoms with Crippen LogP contribution in [0.25, 0.3) is 0 Å². The third-order valence-electron chi connectivity index (χ3n) is 4.31.